The van der Waals surface area contributed by atoms with Crippen molar-refractivity contribution in [3.63, 3.8) is 0 Å². The molecular weight excluding hydrogens is 424 g/mol. The molecular formula is C25H24N2O2S2. The van der Waals surface area contributed by atoms with Crippen molar-refractivity contribution in [2.45, 2.75) is 17.6 Å². The molecule has 0 aliphatic carbocycles. The molecule has 3 aromatic rings. The molecule has 0 saturated carbocycles. The molecule has 31 heavy (non-hydrogen) atoms. The topological polar surface area (TPSA) is 50.7 Å². The van der Waals surface area contributed by atoms with E-state index in [1.807, 2.05) is 78.1 Å². The van der Waals surface area contributed by atoms with Crippen LogP contribution in [0.25, 0.3) is 0 Å². The molecule has 1 amide bonds. The summed E-state index contributed by atoms with van der Waals surface area (Å²) >= 11 is 3.75. The maximum atomic E-state index is 12.3. The number of benzene rings is 3. The van der Waals surface area contributed by atoms with Gasteiger partial charge in [0.25, 0.3) is 5.91 Å². The van der Waals surface area contributed by atoms with Gasteiger partial charge in [0.15, 0.2) is 0 Å². The highest BCUT2D eigenvalue weighted by Gasteiger charge is 2.19. The number of nitrogens with zero attached hydrogens (tertiary/aromatic N) is 1. The highest BCUT2D eigenvalue weighted by molar-refractivity contribution is 8.00. The van der Waals surface area contributed by atoms with E-state index in [1.165, 1.54) is 11.1 Å². The van der Waals surface area contributed by atoms with Gasteiger partial charge in [-0.2, -0.15) is 28.6 Å². The van der Waals surface area contributed by atoms with Crippen molar-refractivity contribution in [2.24, 2.45) is 5.10 Å². The monoisotopic (exact) mass is 448 g/mol. The Morgan fingerprint density at radius 2 is 1.65 bits per heavy atom. The van der Waals surface area contributed by atoms with E-state index in [0.29, 0.717) is 11.7 Å². The predicted molar refractivity (Wildman–Crippen MR) is 131 cm³/mol. The van der Waals surface area contributed by atoms with Crippen LogP contribution in [-0.4, -0.2) is 29.7 Å². The minimum absolute atomic E-state index is 0.220. The standard InChI is InChI=1S/C25H24N2O2S2/c28-25(27-26-14-19-8-12-23(13-9-19)29-24-17-31-18-24)22-10-6-21(7-11-22)16-30-15-20-4-2-1-3-5-20/h1-14,24H,15-18H2,(H,27,28)/b26-14-. The normalized spacial score (nSPS) is 13.7. The van der Waals surface area contributed by atoms with E-state index < -0.39 is 0 Å². The number of ether oxygens (including phenoxy) is 1. The fourth-order valence-corrected chi connectivity index (χ4v) is 4.47. The second-order valence-corrected chi connectivity index (χ2v) is 9.28. The molecule has 158 valence electrons. The van der Waals surface area contributed by atoms with E-state index in [-0.39, 0.29) is 5.91 Å². The Hall–Kier alpha value is -2.70. The van der Waals surface area contributed by atoms with E-state index in [1.54, 1.807) is 6.21 Å². The van der Waals surface area contributed by atoms with E-state index in [0.717, 1.165) is 34.3 Å². The first-order valence-corrected chi connectivity index (χ1v) is 12.5. The molecule has 1 aliphatic heterocycles. The maximum Gasteiger partial charge on any atom is 0.271 e. The summed E-state index contributed by atoms with van der Waals surface area (Å²) in [5, 5.41) is 4.07. The van der Waals surface area contributed by atoms with Gasteiger partial charge in [0.1, 0.15) is 11.9 Å². The summed E-state index contributed by atoms with van der Waals surface area (Å²) in [6.45, 7) is 0. The molecule has 1 N–H and O–H groups in total. The number of nitrogens with one attached hydrogen (secondary N) is 1. The largest absolute Gasteiger partial charge is 0.489 e. The van der Waals surface area contributed by atoms with Crippen LogP contribution in [0.5, 0.6) is 5.75 Å². The average molecular weight is 449 g/mol. The van der Waals surface area contributed by atoms with Gasteiger partial charge in [0.2, 0.25) is 0 Å². The summed E-state index contributed by atoms with van der Waals surface area (Å²) in [5.41, 5.74) is 6.60. The lowest BCUT2D eigenvalue weighted by molar-refractivity contribution is 0.0955. The first-order valence-electron chi connectivity index (χ1n) is 10.1. The number of thioether (sulfide) groups is 2. The number of carbonyl (C=O) groups is 1. The molecule has 1 aliphatic rings. The lowest BCUT2D eigenvalue weighted by atomic mass is 10.1. The van der Waals surface area contributed by atoms with Gasteiger partial charge in [-0.1, -0.05) is 42.5 Å². The molecule has 4 rings (SSSR count). The third-order valence-electron chi connectivity index (χ3n) is 4.77. The van der Waals surface area contributed by atoms with Crippen molar-refractivity contribution in [1.29, 1.82) is 0 Å². The summed E-state index contributed by atoms with van der Waals surface area (Å²) in [4.78, 5) is 12.3. The zero-order chi connectivity index (χ0) is 21.3. The lowest BCUT2D eigenvalue weighted by Gasteiger charge is -2.25. The van der Waals surface area contributed by atoms with Crippen LogP contribution in [0, 0.1) is 0 Å². The Bertz CT molecular complexity index is 1000. The van der Waals surface area contributed by atoms with Crippen LogP contribution < -0.4 is 10.2 Å². The minimum atomic E-state index is -0.220. The molecule has 3 aromatic carbocycles. The summed E-state index contributed by atoms with van der Waals surface area (Å²) < 4.78 is 5.83. The van der Waals surface area contributed by atoms with Gasteiger partial charge in [-0.25, -0.2) is 5.43 Å². The van der Waals surface area contributed by atoms with Gasteiger partial charge in [0, 0.05) is 28.6 Å². The highest BCUT2D eigenvalue weighted by Crippen LogP contribution is 2.23. The molecule has 4 nitrogen and oxygen atoms in total. The van der Waals surface area contributed by atoms with Crippen molar-refractivity contribution in [3.8, 4) is 5.75 Å². The number of carbonyl (C=O) groups excluding carboxylic acids is 1. The van der Waals surface area contributed by atoms with Gasteiger partial charge in [-0.05, 0) is 53.1 Å². The molecule has 6 heteroatoms. The van der Waals surface area contributed by atoms with Crippen molar-refractivity contribution in [2.75, 3.05) is 11.5 Å². The van der Waals surface area contributed by atoms with Gasteiger partial charge >= 0.3 is 0 Å². The SMILES string of the molecule is O=C(N/N=C\c1ccc(OC2CSC2)cc1)c1ccc(CSCc2ccccc2)cc1. The zero-order valence-corrected chi connectivity index (χ0v) is 18.7. The lowest BCUT2D eigenvalue weighted by Crippen LogP contribution is -2.30. The average Bonchev–Trinajstić information content (AvgIpc) is 2.78. The third kappa shape index (κ3) is 6.64. The van der Waals surface area contributed by atoms with Gasteiger partial charge in [0.05, 0.1) is 6.21 Å². The Morgan fingerprint density at radius 3 is 2.29 bits per heavy atom. The quantitative estimate of drug-likeness (QED) is 0.353. The van der Waals surface area contributed by atoms with Gasteiger partial charge in [-0.3, -0.25) is 4.79 Å². The van der Waals surface area contributed by atoms with Crippen LogP contribution >= 0.6 is 23.5 Å². The molecule has 1 heterocycles. The van der Waals surface area contributed by atoms with E-state index in [9.17, 15) is 4.79 Å². The fraction of sp³-hybridized carbons (Fsp3) is 0.200. The number of hydrogen-bond donors (Lipinski definition) is 1. The molecule has 0 radical (unpaired) electrons. The summed E-state index contributed by atoms with van der Waals surface area (Å²) in [5.74, 6) is 4.65. The fourth-order valence-electron chi connectivity index (χ4n) is 2.95. The van der Waals surface area contributed by atoms with Crippen LogP contribution in [0.2, 0.25) is 0 Å². The molecule has 0 spiro atoms. The second-order valence-electron chi connectivity index (χ2n) is 7.22. The third-order valence-corrected chi connectivity index (χ3v) is 7.06. The first kappa shape index (κ1) is 21.5. The number of amides is 1. The number of rotatable bonds is 9. The molecule has 0 aromatic heterocycles. The highest BCUT2D eigenvalue weighted by atomic mass is 32.2. The predicted octanol–water partition coefficient (Wildman–Crippen LogP) is 5.38. The molecule has 1 fully saturated rings. The summed E-state index contributed by atoms with van der Waals surface area (Å²) in [7, 11) is 0. The molecule has 1 saturated heterocycles. The van der Waals surface area contributed by atoms with Crippen molar-refractivity contribution < 1.29 is 9.53 Å². The number of hydrazone groups is 1. The van der Waals surface area contributed by atoms with Crippen LogP contribution in [0.3, 0.4) is 0 Å². The molecule has 0 bridgehead atoms. The van der Waals surface area contributed by atoms with Gasteiger partial charge in [-0.15, -0.1) is 0 Å². The zero-order valence-electron chi connectivity index (χ0n) is 17.1. The molecule has 0 atom stereocenters. The smallest absolute Gasteiger partial charge is 0.271 e. The second kappa shape index (κ2) is 11.1. The van der Waals surface area contributed by atoms with Crippen LogP contribution in [0.15, 0.2) is 84.0 Å². The van der Waals surface area contributed by atoms with E-state index in [2.05, 4.69) is 34.8 Å². The molecule has 0 unspecified atom stereocenters. The van der Waals surface area contributed by atoms with E-state index >= 15 is 0 Å². The Balaban J connectivity index is 1.21. The van der Waals surface area contributed by atoms with Crippen LogP contribution in [0.1, 0.15) is 27.0 Å². The summed E-state index contributed by atoms with van der Waals surface area (Å²) in [6.07, 6.45) is 1.97. The number of hydrogen-bond acceptors (Lipinski definition) is 5. The van der Waals surface area contributed by atoms with Crippen molar-refractivity contribution in [3.05, 3.63) is 101 Å². The maximum absolute atomic E-state index is 12.3. The Kier molecular flexibility index (Phi) is 7.69. The Labute approximate surface area is 191 Å². The van der Waals surface area contributed by atoms with Crippen LogP contribution in [0.4, 0.5) is 0 Å². The summed E-state index contributed by atoms with van der Waals surface area (Å²) in [6, 6.07) is 25.8. The minimum Gasteiger partial charge on any atom is -0.489 e. The first-order chi connectivity index (χ1) is 15.3. The van der Waals surface area contributed by atoms with E-state index in [4.69, 9.17) is 4.74 Å². The Morgan fingerprint density at radius 1 is 0.968 bits per heavy atom. The van der Waals surface area contributed by atoms with Crippen molar-refractivity contribution in [1.82, 2.24) is 5.43 Å². The van der Waals surface area contributed by atoms with Crippen molar-refractivity contribution >= 4 is 35.6 Å². The van der Waals surface area contributed by atoms with Crippen LogP contribution in [-0.2, 0) is 11.5 Å². The van der Waals surface area contributed by atoms with Gasteiger partial charge < -0.3 is 4.74 Å².